The van der Waals surface area contributed by atoms with Gasteiger partial charge in [0.15, 0.2) is 17.5 Å². The topological polar surface area (TPSA) is 56.7 Å². The van der Waals surface area contributed by atoms with Crippen LogP contribution in [0.25, 0.3) is 106 Å². The predicted molar refractivity (Wildman–Crippen MR) is 229 cm³/mol. The maximum Gasteiger partial charge on any atom is 0.166 e. The average Bonchev–Trinajstić information content (AvgIpc) is 3.86. The van der Waals surface area contributed by atoms with Crippen molar-refractivity contribution in [3.63, 3.8) is 0 Å². The van der Waals surface area contributed by atoms with E-state index >= 15 is 0 Å². The quantitative estimate of drug-likeness (QED) is 0.172. The van der Waals surface area contributed by atoms with Crippen LogP contribution in [0.4, 0.5) is 0 Å². The summed E-state index contributed by atoms with van der Waals surface area (Å²) in [6, 6.07) is 67.5. The molecule has 5 nitrogen and oxygen atoms in total. The SMILES string of the molecule is c1ccc(-c2ccc3cc(-c4nc(-c5ccc(-c6cc7ccccc7o6)cc5)nc(-c5ccccc5-n5c6ccccc6c6ccccc65)n4)ccc3c2)cc1. The zero-order valence-electron chi connectivity index (χ0n) is 30.2. The van der Waals surface area contributed by atoms with Crippen molar-refractivity contribution in [1.82, 2.24) is 19.5 Å². The molecule has 8 aromatic carbocycles. The van der Waals surface area contributed by atoms with E-state index in [9.17, 15) is 0 Å². The summed E-state index contributed by atoms with van der Waals surface area (Å²) in [5.74, 6) is 2.62. The summed E-state index contributed by atoms with van der Waals surface area (Å²) in [4.78, 5) is 15.6. The number of fused-ring (bicyclic) bond motifs is 5. The Morgan fingerprint density at radius 3 is 1.66 bits per heavy atom. The van der Waals surface area contributed by atoms with E-state index < -0.39 is 0 Å². The Hall–Kier alpha value is -7.63. The van der Waals surface area contributed by atoms with Crippen LogP contribution in [0.5, 0.6) is 0 Å². The van der Waals surface area contributed by atoms with E-state index in [4.69, 9.17) is 19.4 Å². The molecule has 0 saturated carbocycles. The number of benzene rings is 8. The van der Waals surface area contributed by atoms with Gasteiger partial charge in [-0.1, -0.05) is 146 Å². The molecule has 0 aliphatic heterocycles. The summed E-state index contributed by atoms with van der Waals surface area (Å²) in [6.45, 7) is 0. The normalized spacial score (nSPS) is 11.6. The van der Waals surface area contributed by atoms with Crippen LogP contribution >= 0.6 is 0 Å². The van der Waals surface area contributed by atoms with Crippen molar-refractivity contribution in [2.75, 3.05) is 0 Å². The van der Waals surface area contributed by atoms with Crippen LogP contribution in [-0.4, -0.2) is 19.5 Å². The molecule has 262 valence electrons. The Bertz CT molecular complexity index is 3160. The smallest absolute Gasteiger partial charge is 0.166 e. The molecular formula is C51H32N4O. The van der Waals surface area contributed by atoms with Crippen molar-refractivity contribution in [2.45, 2.75) is 0 Å². The summed E-state index contributed by atoms with van der Waals surface area (Å²) < 4.78 is 8.51. The van der Waals surface area contributed by atoms with Crippen molar-refractivity contribution in [2.24, 2.45) is 0 Å². The van der Waals surface area contributed by atoms with Crippen LogP contribution in [0.2, 0.25) is 0 Å². The third kappa shape index (κ3) is 5.45. The lowest BCUT2D eigenvalue weighted by molar-refractivity contribution is 0.631. The molecule has 0 amide bonds. The first-order chi connectivity index (χ1) is 27.7. The fourth-order valence-electron chi connectivity index (χ4n) is 7.90. The summed E-state index contributed by atoms with van der Waals surface area (Å²) in [7, 11) is 0. The summed E-state index contributed by atoms with van der Waals surface area (Å²) in [5.41, 5.74) is 10.2. The Balaban J connectivity index is 1.08. The third-order valence-electron chi connectivity index (χ3n) is 10.7. The average molecular weight is 717 g/mol. The standard InChI is InChI=1S/C51H32N4O/c1-2-12-33(13-3-1)36-26-27-38-31-40(29-28-37(38)30-36)50-52-49(35-24-22-34(23-25-35)48-32-39-14-4-11-21-47(39)56-48)53-51(54-50)43-17-7-10-20-46(43)55-44-18-8-5-15-41(44)42-16-6-9-19-45(42)55/h1-32H. The first-order valence-corrected chi connectivity index (χ1v) is 18.8. The van der Waals surface area contributed by atoms with Crippen molar-refractivity contribution >= 4 is 43.5 Å². The first kappa shape index (κ1) is 31.9. The number of aromatic nitrogens is 4. The monoisotopic (exact) mass is 716 g/mol. The van der Waals surface area contributed by atoms with Crippen molar-refractivity contribution in [3.8, 4) is 62.3 Å². The molecule has 11 rings (SSSR count). The minimum atomic E-state index is 0.595. The summed E-state index contributed by atoms with van der Waals surface area (Å²) >= 11 is 0. The van der Waals surface area contributed by atoms with Crippen molar-refractivity contribution in [1.29, 1.82) is 0 Å². The fraction of sp³-hybridized carbons (Fsp3) is 0. The van der Waals surface area contributed by atoms with E-state index in [0.29, 0.717) is 17.5 Å². The highest BCUT2D eigenvalue weighted by molar-refractivity contribution is 6.09. The Morgan fingerprint density at radius 1 is 0.357 bits per heavy atom. The molecule has 0 saturated heterocycles. The number of furan rings is 1. The van der Waals surface area contributed by atoms with Gasteiger partial charge < -0.3 is 8.98 Å². The lowest BCUT2D eigenvalue weighted by atomic mass is 10.00. The van der Waals surface area contributed by atoms with E-state index in [2.05, 4.69) is 174 Å². The zero-order valence-corrected chi connectivity index (χ0v) is 30.2. The van der Waals surface area contributed by atoms with Crippen LogP contribution in [0.15, 0.2) is 199 Å². The van der Waals surface area contributed by atoms with Gasteiger partial charge in [0.25, 0.3) is 0 Å². The summed E-state index contributed by atoms with van der Waals surface area (Å²) in [6.07, 6.45) is 0. The van der Waals surface area contributed by atoms with Gasteiger partial charge >= 0.3 is 0 Å². The molecule has 0 aliphatic carbocycles. The largest absolute Gasteiger partial charge is 0.456 e. The molecule has 3 aromatic heterocycles. The molecule has 0 unspecified atom stereocenters. The molecule has 0 spiro atoms. The third-order valence-corrected chi connectivity index (χ3v) is 10.7. The number of para-hydroxylation sites is 4. The van der Waals surface area contributed by atoms with Crippen molar-refractivity contribution in [3.05, 3.63) is 194 Å². The molecule has 0 bridgehead atoms. The molecule has 0 radical (unpaired) electrons. The molecular weight excluding hydrogens is 685 g/mol. The Labute approximate surface area is 322 Å². The van der Waals surface area contributed by atoms with Crippen LogP contribution in [0.3, 0.4) is 0 Å². The maximum atomic E-state index is 6.19. The highest BCUT2D eigenvalue weighted by atomic mass is 16.3. The van der Waals surface area contributed by atoms with Gasteiger partial charge in [-0.15, -0.1) is 0 Å². The van der Waals surface area contributed by atoms with Gasteiger partial charge in [-0.3, -0.25) is 0 Å². The number of nitrogens with zero attached hydrogens (tertiary/aromatic N) is 4. The van der Waals surface area contributed by atoms with Gasteiger partial charge in [-0.25, -0.2) is 15.0 Å². The number of hydrogen-bond acceptors (Lipinski definition) is 4. The Kier molecular flexibility index (Phi) is 7.42. The van der Waals surface area contributed by atoms with Gasteiger partial charge in [0.1, 0.15) is 11.3 Å². The molecule has 3 heterocycles. The van der Waals surface area contributed by atoms with Gasteiger partial charge in [0, 0.05) is 38.4 Å². The van der Waals surface area contributed by atoms with Crippen LogP contribution in [-0.2, 0) is 0 Å². The predicted octanol–water partition coefficient (Wildman–Crippen LogP) is 13.2. The fourth-order valence-corrected chi connectivity index (χ4v) is 7.90. The van der Waals surface area contributed by atoms with Crippen LogP contribution < -0.4 is 0 Å². The van der Waals surface area contributed by atoms with E-state index in [1.54, 1.807) is 0 Å². The van der Waals surface area contributed by atoms with Gasteiger partial charge in [0.2, 0.25) is 0 Å². The van der Waals surface area contributed by atoms with Crippen LogP contribution in [0, 0.1) is 0 Å². The molecule has 0 aliphatic rings. The number of hydrogen-bond donors (Lipinski definition) is 0. The van der Waals surface area contributed by atoms with Crippen molar-refractivity contribution < 1.29 is 4.42 Å². The molecule has 0 atom stereocenters. The Morgan fingerprint density at radius 2 is 0.911 bits per heavy atom. The van der Waals surface area contributed by atoms with Crippen LogP contribution in [0.1, 0.15) is 0 Å². The first-order valence-electron chi connectivity index (χ1n) is 18.8. The van der Waals surface area contributed by atoms with E-state index in [1.165, 1.54) is 21.9 Å². The van der Waals surface area contributed by atoms with Gasteiger partial charge in [0.05, 0.1) is 16.7 Å². The second-order valence-corrected chi connectivity index (χ2v) is 14.1. The number of rotatable bonds is 6. The molecule has 0 fully saturated rings. The van der Waals surface area contributed by atoms with Gasteiger partial charge in [-0.2, -0.15) is 0 Å². The highest BCUT2D eigenvalue weighted by Gasteiger charge is 2.19. The molecule has 56 heavy (non-hydrogen) atoms. The zero-order chi connectivity index (χ0) is 37.0. The lowest BCUT2D eigenvalue weighted by Gasteiger charge is -2.14. The van der Waals surface area contributed by atoms with E-state index in [1.807, 2.05) is 24.3 Å². The van der Waals surface area contributed by atoms with E-state index in [-0.39, 0.29) is 0 Å². The maximum absolute atomic E-state index is 6.19. The second kappa shape index (κ2) is 13.0. The minimum absolute atomic E-state index is 0.595. The lowest BCUT2D eigenvalue weighted by Crippen LogP contribution is -2.03. The molecule has 5 heteroatoms. The highest BCUT2D eigenvalue weighted by Crippen LogP contribution is 2.37. The second-order valence-electron chi connectivity index (χ2n) is 14.1. The molecule has 0 N–H and O–H groups in total. The van der Waals surface area contributed by atoms with E-state index in [0.717, 1.165) is 66.5 Å². The molecule has 11 aromatic rings. The summed E-state index contributed by atoms with van der Waals surface area (Å²) in [5, 5.41) is 5.75. The van der Waals surface area contributed by atoms with Gasteiger partial charge in [-0.05, 0) is 70.4 Å². The minimum Gasteiger partial charge on any atom is -0.456 e.